The molecule has 1 amide bonds. The van der Waals surface area contributed by atoms with E-state index >= 15 is 0 Å². The first-order valence-electron chi connectivity index (χ1n) is 17.7. The number of hydrogen-bond donors (Lipinski definition) is 1. The number of nitrogens with one attached hydrogen (secondary N) is 1. The third kappa shape index (κ3) is 4.59. The van der Waals surface area contributed by atoms with Gasteiger partial charge in [0.1, 0.15) is 11.6 Å². The van der Waals surface area contributed by atoms with Crippen LogP contribution in [0.1, 0.15) is 75.3 Å². The Morgan fingerprint density at radius 2 is 1.85 bits per heavy atom. The Morgan fingerprint density at radius 3 is 2.62 bits per heavy atom. The lowest BCUT2D eigenvalue weighted by Crippen LogP contribution is -2.40. The number of carbonyl (C=O) groups is 1. The lowest BCUT2D eigenvalue weighted by atomic mass is 9.71. The summed E-state index contributed by atoms with van der Waals surface area (Å²) in [5.41, 5.74) is 6.96. The Kier molecular flexibility index (Phi) is 6.90. The molecule has 6 aromatic rings. The van der Waals surface area contributed by atoms with E-state index in [1.54, 1.807) is 30.4 Å². The zero-order valence-corrected chi connectivity index (χ0v) is 29.7. The number of pyridine rings is 2. The fraction of sp³-hybridized carbons (Fsp3) is 0.325. The lowest BCUT2D eigenvalue weighted by Gasteiger charge is -2.37. The number of halogens is 2. The number of aryl methyl sites for hydroxylation is 4. The van der Waals surface area contributed by atoms with E-state index in [2.05, 4.69) is 27.6 Å². The quantitative estimate of drug-likeness (QED) is 0.168. The number of methoxy groups -OCH3 is 1. The van der Waals surface area contributed by atoms with Crippen LogP contribution in [0.25, 0.3) is 32.0 Å². The van der Waals surface area contributed by atoms with Crippen LogP contribution in [0.2, 0.25) is 0 Å². The first-order chi connectivity index (χ1) is 25.2. The SMILES string of the molecule is COc1c(F)ccc2c1CC[C@@H]2Nc1nc(C)cc2cc(-c3c4c(nc(CCc5ccc(F)cc5)c3-c3nnc(C)o3)C35CC(CN3C4=O)C5)sc12. The lowest BCUT2D eigenvalue weighted by molar-refractivity contribution is 0.0637. The van der Waals surface area contributed by atoms with E-state index in [1.807, 2.05) is 17.9 Å². The molecule has 1 atom stereocenters. The minimum atomic E-state index is -0.391. The molecule has 11 rings (SSSR count). The summed E-state index contributed by atoms with van der Waals surface area (Å²) in [6.07, 6.45) is 4.43. The molecule has 262 valence electrons. The van der Waals surface area contributed by atoms with E-state index in [4.69, 9.17) is 19.1 Å². The molecule has 1 N–H and O–H groups in total. The van der Waals surface area contributed by atoms with Crippen molar-refractivity contribution in [2.45, 2.75) is 64.0 Å². The van der Waals surface area contributed by atoms with Crippen molar-refractivity contribution < 1.29 is 22.7 Å². The molecule has 7 heterocycles. The Labute approximate surface area is 302 Å². The number of benzene rings is 2. The van der Waals surface area contributed by atoms with Gasteiger partial charge in [-0.05, 0) is 98.2 Å². The summed E-state index contributed by atoms with van der Waals surface area (Å²) < 4.78 is 40.9. The summed E-state index contributed by atoms with van der Waals surface area (Å²) in [6, 6.07) is 13.9. The maximum Gasteiger partial charge on any atom is 0.257 e. The number of amides is 1. The van der Waals surface area contributed by atoms with Gasteiger partial charge < -0.3 is 19.4 Å². The largest absolute Gasteiger partial charge is 0.493 e. The van der Waals surface area contributed by atoms with E-state index < -0.39 is 5.54 Å². The van der Waals surface area contributed by atoms with Gasteiger partial charge in [-0.3, -0.25) is 9.78 Å². The van der Waals surface area contributed by atoms with Crippen LogP contribution < -0.4 is 10.1 Å². The number of ether oxygens (including phenoxy) is 1. The molecule has 2 saturated heterocycles. The van der Waals surface area contributed by atoms with Gasteiger partial charge in [0.15, 0.2) is 11.6 Å². The molecule has 52 heavy (non-hydrogen) atoms. The van der Waals surface area contributed by atoms with Crippen LogP contribution in [0.5, 0.6) is 5.75 Å². The fourth-order valence-electron chi connectivity index (χ4n) is 9.14. The zero-order chi connectivity index (χ0) is 35.5. The molecule has 1 spiro atoms. The monoisotopic (exact) mass is 716 g/mol. The fourth-order valence-corrected chi connectivity index (χ4v) is 10.3. The van der Waals surface area contributed by atoms with Crippen LogP contribution in [0.3, 0.4) is 0 Å². The van der Waals surface area contributed by atoms with Gasteiger partial charge in [-0.1, -0.05) is 18.2 Å². The summed E-state index contributed by atoms with van der Waals surface area (Å²) in [5, 5.41) is 13.4. The third-order valence-electron chi connectivity index (χ3n) is 11.4. The number of aromatic nitrogens is 4. The minimum absolute atomic E-state index is 0.00563. The van der Waals surface area contributed by atoms with E-state index in [1.165, 1.54) is 25.3 Å². The number of rotatable bonds is 8. The van der Waals surface area contributed by atoms with Crippen molar-refractivity contribution in [3.05, 3.63) is 105 Å². The Balaban J connectivity index is 1.15. The number of nitrogens with zero attached hydrogens (tertiary/aromatic N) is 5. The molecule has 0 radical (unpaired) electrons. The summed E-state index contributed by atoms with van der Waals surface area (Å²) >= 11 is 1.57. The second kappa shape index (κ2) is 11.4. The average Bonchev–Trinajstić information content (AvgIpc) is 3.96. The number of carbonyl (C=O) groups excluding carboxylic acids is 1. The predicted octanol–water partition coefficient (Wildman–Crippen LogP) is 8.27. The molecule has 4 aromatic heterocycles. The molecule has 1 saturated carbocycles. The molecule has 3 aliphatic heterocycles. The maximum atomic E-state index is 14.6. The Bertz CT molecular complexity index is 2470. The maximum absolute atomic E-state index is 14.6. The van der Waals surface area contributed by atoms with Gasteiger partial charge in [0, 0.05) is 35.2 Å². The second-order valence-corrected chi connectivity index (χ2v) is 15.6. The summed E-state index contributed by atoms with van der Waals surface area (Å²) in [5.74, 6) is 1.61. The van der Waals surface area contributed by atoms with Crippen molar-refractivity contribution in [2.24, 2.45) is 5.92 Å². The van der Waals surface area contributed by atoms with Crippen LogP contribution in [0, 0.1) is 31.4 Å². The van der Waals surface area contributed by atoms with E-state index in [-0.39, 0.29) is 23.6 Å². The highest BCUT2D eigenvalue weighted by atomic mass is 32.1. The first kappa shape index (κ1) is 31.5. The standard InChI is InChI=1S/C40H34F2N6O3S/c1-19-14-23-15-30(52-35(23)37(43-19)45-28-13-10-26-25(28)9-11-27(42)34(26)50-3)32-31(38-47-46-20(2)51-38)29(12-6-21-4-7-24(41)8-5-21)44-36-33(32)39(49)48-18-22-16-40(36,48)17-22/h4-5,7-9,11,14-15,22,28H,6,10,12-13,16-18H2,1-3H3,(H,43,45)/t22?,28-,40?/m0/s1. The normalized spacial score (nSPS) is 21.0. The number of fused-ring (bicyclic) bond motifs is 3. The molecular weight excluding hydrogens is 683 g/mol. The van der Waals surface area contributed by atoms with Gasteiger partial charge in [-0.2, -0.15) is 0 Å². The van der Waals surface area contributed by atoms with E-state index in [0.717, 1.165) is 85.9 Å². The number of hydrogen-bond acceptors (Lipinski definition) is 9. The van der Waals surface area contributed by atoms with Crippen molar-refractivity contribution >= 4 is 33.1 Å². The van der Waals surface area contributed by atoms with Crippen LogP contribution in [-0.2, 0) is 24.8 Å². The van der Waals surface area contributed by atoms with Gasteiger partial charge in [0.2, 0.25) is 11.8 Å². The molecule has 5 aliphatic rings. The summed E-state index contributed by atoms with van der Waals surface area (Å²) in [4.78, 5) is 27.7. The van der Waals surface area contributed by atoms with E-state index in [0.29, 0.717) is 53.8 Å². The third-order valence-corrected chi connectivity index (χ3v) is 12.6. The van der Waals surface area contributed by atoms with Crippen molar-refractivity contribution in [3.63, 3.8) is 0 Å². The smallest absolute Gasteiger partial charge is 0.257 e. The highest BCUT2D eigenvalue weighted by Crippen LogP contribution is 2.63. The molecule has 9 nitrogen and oxygen atoms in total. The van der Waals surface area contributed by atoms with Gasteiger partial charge in [-0.15, -0.1) is 21.5 Å². The van der Waals surface area contributed by atoms with Gasteiger partial charge in [0.05, 0.1) is 45.9 Å². The zero-order valence-electron chi connectivity index (χ0n) is 28.8. The molecule has 2 aliphatic carbocycles. The Hall–Kier alpha value is -5.23. The van der Waals surface area contributed by atoms with Crippen LogP contribution in [0.4, 0.5) is 14.6 Å². The van der Waals surface area contributed by atoms with Crippen molar-refractivity contribution in [3.8, 4) is 27.6 Å². The van der Waals surface area contributed by atoms with Crippen molar-refractivity contribution in [2.75, 3.05) is 19.0 Å². The Morgan fingerprint density at radius 1 is 1.02 bits per heavy atom. The van der Waals surface area contributed by atoms with Crippen molar-refractivity contribution in [1.29, 1.82) is 0 Å². The minimum Gasteiger partial charge on any atom is -0.493 e. The summed E-state index contributed by atoms with van der Waals surface area (Å²) in [6.45, 7) is 4.45. The van der Waals surface area contributed by atoms with E-state index in [9.17, 15) is 13.6 Å². The number of thiophene rings is 1. The van der Waals surface area contributed by atoms with Gasteiger partial charge in [0.25, 0.3) is 5.91 Å². The molecule has 2 bridgehead atoms. The van der Waals surface area contributed by atoms with Crippen LogP contribution >= 0.6 is 11.3 Å². The van der Waals surface area contributed by atoms with Gasteiger partial charge >= 0.3 is 0 Å². The summed E-state index contributed by atoms with van der Waals surface area (Å²) in [7, 11) is 1.50. The topological polar surface area (TPSA) is 106 Å². The predicted molar refractivity (Wildman–Crippen MR) is 193 cm³/mol. The molecule has 12 heteroatoms. The first-order valence-corrected chi connectivity index (χ1v) is 18.5. The van der Waals surface area contributed by atoms with Gasteiger partial charge in [-0.25, -0.2) is 13.8 Å². The molecule has 2 aromatic carbocycles. The van der Waals surface area contributed by atoms with Crippen LogP contribution in [0.15, 0.2) is 52.9 Å². The molecule has 0 unspecified atom stereocenters. The number of anilines is 1. The second-order valence-electron chi connectivity index (χ2n) is 14.5. The highest BCUT2D eigenvalue weighted by Gasteiger charge is 2.65. The highest BCUT2D eigenvalue weighted by molar-refractivity contribution is 7.23. The van der Waals surface area contributed by atoms with Crippen LogP contribution in [-0.4, -0.2) is 44.6 Å². The average molecular weight is 717 g/mol. The molecule has 3 fully saturated rings. The van der Waals surface area contributed by atoms with Crippen molar-refractivity contribution in [1.82, 2.24) is 25.1 Å². The molecular formula is C40H34F2N6O3S.